The fourth-order valence-corrected chi connectivity index (χ4v) is 3.37. The number of aromatic nitrogens is 2. The number of amides is 2. The summed E-state index contributed by atoms with van der Waals surface area (Å²) in [6.07, 6.45) is 9.02. The lowest BCUT2D eigenvalue weighted by atomic mass is 10.1. The maximum absolute atomic E-state index is 12.5. The van der Waals surface area contributed by atoms with Crippen LogP contribution < -0.4 is 5.32 Å². The van der Waals surface area contributed by atoms with Gasteiger partial charge in [-0.3, -0.25) is 9.59 Å². The zero-order chi connectivity index (χ0) is 17.2. The summed E-state index contributed by atoms with van der Waals surface area (Å²) in [5, 5.41) is 2.99. The third-order valence-corrected chi connectivity index (χ3v) is 4.97. The summed E-state index contributed by atoms with van der Waals surface area (Å²) in [5.74, 6) is 0.302. The largest absolute Gasteiger partial charge is 0.350 e. The Morgan fingerprint density at radius 1 is 1.16 bits per heavy atom. The van der Waals surface area contributed by atoms with E-state index < -0.39 is 0 Å². The molecule has 1 aliphatic heterocycles. The molecule has 2 amide bonds. The minimum atomic E-state index is -0.293. The second-order valence-corrected chi connectivity index (χ2v) is 6.82. The van der Waals surface area contributed by atoms with Crippen molar-refractivity contribution in [2.24, 2.45) is 5.92 Å². The predicted octanol–water partition coefficient (Wildman–Crippen LogP) is 1.89. The first-order chi connectivity index (χ1) is 12.2. The van der Waals surface area contributed by atoms with Crippen LogP contribution >= 0.6 is 0 Å². The number of benzene rings is 1. The lowest BCUT2D eigenvalue weighted by molar-refractivity contribution is -0.139. The predicted molar refractivity (Wildman–Crippen MR) is 92.9 cm³/mol. The lowest BCUT2D eigenvalue weighted by Gasteiger charge is -2.24. The van der Waals surface area contributed by atoms with E-state index in [0.29, 0.717) is 13.1 Å². The van der Waals surface area contributed by atoms with Crippen molar-refractivity contribution in [1.29, 1.82) is 0 Å². The van der Waals surface area contributed by atoms with Gasteiger partial charge >= 0.3 is 0 Å². The van der Waals surface area contributed by atoms with Crippen molar-refractivity contribution in [2.75, 3.05) is 6.54 Å². The van der Waals surface area contributed by atoms with Gasteiger partial charge in [0.15, 0.2) is 0 Å². The number of nitrogens with zero attached hydrogens (tertiary/aromatic N) is 3. The van der Waals surface area contributed by atoms with Crippen molar-refractivity contribution in [3.05, 3.63) is 48.5 Å². The first-order valence-electron chi connectivity index (χ1n) is 8.88. The normalized spacial score (nSPS) is 19.8. The van der Waals surface area contributed by atoms with Gasteiger partial charge in [-0.2, -0.15) is 0 Å². The maximum atomic E-state index is 12.5. The Labute approximate surface area is 146 Å². The Morgan fingerprint density at radius 2 is 1.96 bits per heavy atom. The van der Waals surface area contributed by atoms with Crippen LogP contribution in [-0.2, 0) is 16.1 Å². The molecule has 0 bridgehead atoms. The summed E-state index contributed by atoms with van der Waals surface area (Å²) in [6, 6.07) is 7.70. The quantitative estimate of drug-likeness (QED) is 0.905. The summed E-state index contributed by atoms with van der Waals surface area (Å²) >= 11 is 0. The van der Waals surface area contributed by atoms with Crippen LogP contribution in [-0.4, -0.2) is 38.9 Å². The third kappa shape index (κ3) is 3.43. The van der Waals surface area contributed by atoms with Crippen LogP contribution in [0.1, 0.15) is 31.2 Å². The summed E-state index contributed by atoms with van der Waals surface area (Å²) in [4.78, 5) is 30.6. The summed E-state index contributed by atoms with van der Waals surface area (Å²) < 4.78 is 1.93. The molecule has 1 aliphatic carbocycles. The van der Waals surface area contributed by atoms with E-state index >= 15 is 0 Å². The van der Waals surface area contributed by atoms with E-state index in [1.807, 2.05) is 35.0 Å². The van der Waals surface area contributed by atoms with Gasteiger partial charge in [-0.25, -0.2) is 4.98 Å². The molecular weight excluding hydrogens is 316 g/mol. The Hall–Kier alpha value is -2.63. The average Bonchev–Trinajstić information content (AvgIpc) is 3.13. The number of nitrogens with one attached hydrogen (secondary N) is 1. The van der Waals surface area contributed by atoms with Crippen molar-refractivity contribution in [3.63, 3.8) is 0 Å². The number of imidazole rings is 1. The van der Waals surface area contributed by atoms with Crippen LogP contribution in [0.3, 0.4) is 0 Å². The molecule has 0 radical (unpaired) electrons. The monoisotopic (exact) mass is 338 g/mol. The van der Waals surface area contributed by atoms with Crippen LogP contribution in [0.2, 0.25) is 0 Å². The number of carbonyl (C=O) groups excluding carboxylic acids is 2. The minimum Gasteiger partial charge on any atom is -0.350 e. The fourth-order valence-electron chi connectivity index (χ4n) is 3.37. The second kappa shape index (κ2) is 6.70. The van der Waals surface area contributed by atoms with E-state index in [1.165, 1.54) is 0 Å². The Balaban J connectivity index is 1.34. The van der Waals surface area contributed by atoms with Crippen LogP contribution in [0.15, 0.2) is 43.0 Å². The smallest absolute Gasteiger partial charge is 0.243 e. The van der Waals surface area contributed by atoms with Crippen LogP contribution in [0, 0.1) is 5.92 Å². The highest BCUT2D eigenvalue weighted by molar-refractivity contribution is 5.89. The van der Waals surface area contributed by atoms with Gasteiger partial charge in [0.1, 0.15) is 6.04 Å². The minimum absolute atomic E-state index is 0.0369. The molecule has 1 atom stereocenters. The van der Waals surface area contributed by atoms with Crippen molar-refractivity contribution >= 4 is 11.8 Å². The zero-order valence-corrected chi connectivity index (χ0v) is 14.1. The van der Waals surface area contributed by atoms with E-state index in [4.69, 9.17) is 0 Å². The number of carbonyl (C=O) groups is 2. The van der Waals surface area contributed by atoms with Gasteiger partial charge in [-0.05, 0) is 43.4 Å². The van der Waals surface area contributed by atoms with Gasteiger partial charge in [-0.1, -0.05) is 12.1 Å². The molecule has 2 fully saturated rings. The third-order valence-electron chi connectivity index (χ3n) is 4.97. The molecule has 4 rings (SSSR count). The number of hydrogen-bond donors (Lipinski definition) is 1. The van der Waals surface area contributed by atoms with Crippen LogP contribution in [0.4, 0.5) is 0 Å². The molecule has 6 nitrogen and oxygen atoms in total. The highest BCUT2D eigenvalue weighted by Gasteiger charge is 2.40. The molecule has 1 saturated heterocycles. The molecule has 1 saturated carbocycles. The summed E-state index contributed by atoms with van der Waals surface area (Å²) in [7, 11) is 0. The van der Waals surface area contributed by atoms with Crippen molar-refractivity contribution in [3.8, 4) is 5.69 Å². The summed E-state index contributed by atoms with van der Waals surface area (Å²) in [6.45, 7) is 1.19. The van der Waals surface area contributed by atoms with Gasteiger partial charge in [0.25, 0.3) is 0 Å². The molecule has 2 aromatic rings. The van der Waals surface area contributed by atoms with Crippen LogP contribution in [0.5, 0.6) is 0 Å². The Kier molecular flexibility index (Phi) is 4.26. The van der Waals surface area contributed by atoms with E-state index in [1.54, 1.807) is 17.4 Å². The molecule has 25 heavy (non-hydrogen) atoms. The van der Waals surface area contributed by atoms with Crippen molar-refractivity contribution < 1.29 is 9.59 Å². The standard InChI is InChI=1S/C19H22N4O2/c24-18(17-2-1-10-23(17)19(25)15-5-6-15)21-12-14-3-7-16(8-4-14)22-11-9-20-13-22/h3-4,7-9,11,13,15,17H,1-2,5-6,10,12H2,(H,21,24). The van der Waals surface area contributed by atoms with Gasteiger partial charge in [-0.15, -0.1) is 0 Å². The molecule has 2 aliphatic rings. The van der Waals surface area contributed by atoms with Gasteiger partial charge in [0.2, 0.25) is 11.8 Å². The number of likely N-dealkylation sites (tertiary alicyclic amines) is 1. The topological polar surface area (TPSA) is 67.2 Å². The average molecular weight is 338 g/mol. The number of rotatable bonds is 5. The maximum Gasteiger partial charge on any atom is 0.243 e. The van der Waals surface area contributed by atoms with Crippen molar-refractivity contribution in [1.82, 2.24) is 19.8 Å². The highest BCUT2D eigenvalue weighted by Crippen LogP contribution is 2.33. The van der Waals surface area contributed by atoms with Crippen molar-refractivity contribution in [2.45, 2.75) is 38.3 Å². The molecule has 2 heterocycles. The first kappa shape index (κ1) is 15.9. The Morgan fingerprint density at radius 3 is 2.64 bits per heavy atom. The van der Waals surface area contributed by atoms with E-state index in [-0.39, 0.29) is 23.8 Å². The van der Waals surface area contributed by atoms with Gasteiger partial charge in [0.05, 0.1) is 6.33 Å². The van der Waals surface area contributed by atoms with Gasteiger partial charge in [0, 0.05) is 37.1 Å². The lowest BCUT2D eigenvalue weighted by Crippen LogP contribution is -2.46. The zero-order valence-electron chi connectivity index (χ0n) is 14.1. The second-order valence-electron chi connectivity index (χ2n) is 6.82. The highest BCUT2D eigenvalue weighted by atomic mass is 16.2. The molecular formula is C19H22N4O2. The SMILES string of the molecule is O=C(NCc1ccc(-n2ccnc2)cc1)C1CCCN1C(=O)C1CC1. The Bertz CT molecular complexity index is 750. The molecule has 0 spiro atoms. The molecule has 130 valence electrons. The van der Waals surface area contributed by atoms with Gasteiger partial charge < -0.3 is 14.8 Å². The first-order valence-corrected chi connectivity index (χ1v) is 8.88. The molecule has 1 unspecified atom stereocenters. The molecule has 1 aromatic carbocycles. The molecule has 1 N–H and O–H groups in total. The number of hydrogen-bond acceptors (Lipinski definition) is 3. The molecule has 6 heteroatoms. The van der Waals surface area contributed by atoms with E-state index in [0.717, 1.165) is 36.9 Å². The summed E-state index contributed by atoms with van der Waals surface area (Å²) in [5.41, 5.74) is 2.07. The van der Waals surface area contributed by atoms with E-state index in [9.17, 15) is 9.59 Å². The fraction of sp³-hybridized carbons (Fsp3) is 0.421. The molecule has 1 aromatic heterocycles. The van der Waals surface area contributed by atoms with E-state index in [2.05, 4.69) is 10.3 Å². The van der Waals surface area contributed by atoms with Crippen LogP contribution in [0.25, 0.3) is 5.69 Å².